The van der Waals surface area contributed by atoms with Gasteiger partial charge in [0.05, 0.1) is 0 Å². The Hall–Kier alpha value is -1.44. The molecule has 118 valence electrons. The Balaban J connectivity index is 2.09. The van der Waals surface area contributed by atoms with Gasteiger partial charge in [0, 0.05) is 14.8 Å². The lowest BCUT2D eigenvalue weighted by atomic mass is 10.0. The molecule has 23 heavy (non-hydrogen) atoms. The summed E-state index contributed by atoms with van der Waals surface area (Å²) < 4.78 is 0. The van der Waals surface area contributed by atoms with E-state index in [2.05, 4.69) is 64.1 Å². The highest BCUT2D eigenvalue weighted by Crippen LogP contribution is 2.43. The van der Waals surface area contributed by atoms with Crippen molar-refractivity contribution in [1.82, 2.24) is 0 Å². The molecule has 0 saturated carbocycles. The van der Waals surface area contributed by atoms with Gasteiger partial charge in [-0.05, 0) is 77.9 Å². The third-order valence-electron chi connectivity index (χ3n) is 4.23. The van der Waals surface area contributed by atoms with Gasteiger partial charge in [-0.15, -0.1) is 0 Å². The number of hydrogen-bond acceptors (Lipinski definition) is 1. The summed E-state index contributed by atoms with van der Waals surface area (Å²) in [7, 11) is 0. The zero-order valence-corrected chi connectivity index (χ0v) is 15.6. The van der Waals surface area contributed by atoms with Crippen molar-refractivity contribution in [1.29, 1.82) is 0 Å². The zero-order valence-electron chi connectivity index (χ0n) is 14.0. The molecule has 2 heteroatoms. The van der Waals surface area contributed by atoms with Crippen LogP contribution in [-0.2, 0) is 0 Å². The first kappa shape index (κ1) is 16.4. The van der Waals surface area contributed by atoms with Crippen LogP contribution in [0.15, 0.2) is 58.3 Å². The van der Waals surface area contributed by atoms with Crippen LogP contribution in [0.3, 0.4) is 0 Å². The average Bonchev–Trinajstić information content (AvgIpc) is 2.69. The number of halogens is 1. The molecule has 1 aromatic carbocycles. The van der Waals surface area contributed by atoms with E-state index in [0.29, 0.717) is 5.92 Å². The fourth-order valence-electron chi connectivity index (χ4n) is 2.86. The van der Waals surface area contributed by atoms with Crippen molar-refractivity contribution in [3.63, 3.8) is 0 Å². The maximum Gasteiger partial charge on any atom is 0.0406 e. The Bertz CT molecular complexity index is 803. The molecule has 0 heterocycles. The molecule has 0 N–H and O–H groups in total. The normalized spacial score (nSPS) is 11.4. The highest BCUT2D eigenvalue weighted by molar-refractivity contribution is 7.99. The highest BCUT2D eigenvalue weighted by atomic mass is 35.5. The first-order valence-corrected chi connectivity index (χ1v) is 9.12. The molecule has 0 unspecified atom stereocenters. The summed E-state index contributed by atoms with van der Waals surface area (Å²) in [4.78, 5) is 2.54. The van der Waals surface area contributed by atoms with E-state index >= 15 is 0 Å². The van der Waals surface area contributed by atoms with E-state index in [4.69, 9.17) is 11.6 Å². The fourth-order valence-corrected chi connectivity index (χ4v) is 4.12. The van der Waals surface area contributed by atoms with Gasteiger partial charge in [0.25, 0.3) is 0 Å². The summed E-state index contributed by atoms with van der Waals surface area (Å²) >= 11 is 7.81. The van der Waals surface area contributed by atoms with E-state index in [9.17, 15) is 0 Å². The highest BCUT2D eigenvalue weighted by Gasteiger charge is 2.17. The third kappa shape index (κ3) is 3.41. The lowest BCUT2D eigenvalue weighted by Gasteiger charge is -2.06. The molecule has 0 nitrogen and oxygen atoms in total. The van der Waals surface area contributed by atoms with Gasteiger partial charge in [-0.1, -0.05) is 55.4 Å². The van der Waals surface area contributed by atoms with Crippen LogP contribution in [0.25, 0.3) is 11.1 Å². The third-order valence-corrected chi connectivity index (χ3v) is 5.53. The van der Waals surface area contributed by atoms with Gasteiger partial charge in [0.2, 0.25) is 0 Å². The molecule has 2 aliphatic carbocycles. The van der Waals surface area contributed by atoms with Gasteiger partial charge in [0.1, 0.15) is 0 Å². The minimum atomic E-state index is 0.534. The van der Waals surface area contributed by atoms with Crippen LogP contribution < -0.4 is 0 Å². The van der Waals surface area contributed by atoms with Crippen molar-refractivity contribution >= 4 is 23.4 Å². The first-order chi connectivity index (χ1) is 11.0. The molecule has 1 aromatic rings. The summed E-state index contributed by atoms with van der Waals surface area (Å²) in [6.07, 6.45) is 0. The Morgan fingerprint density at radius 1 is 0.870 bits per heavy atom. The molecular formula is C21H21ClS. The predicted molar refractivity (Wildman–Crippen MR) is 102 cm³/mol. The molecule has 0 radical (unpaired) electrons. The van der Waals surface area contributed by atoms with Crippen molar-refractivity contribution in [2.45, 2.75) is 43.4 Å². The molecule has 0 bridgehead atoms. The monoisotopic (exact) mass is 340 g/mol. The minimum Gasteiger partial charge on any atom is -0.0894 e. The maximum absolute atomic E-state index is 5.99. The van der Waals surface area contributed by atoms with E-state index in [-0.39, 0.29) is 0 Å². The first-order valence-electron chi connectivity index (χ1n) is 7.93. The Morgan fingerprint density at radius 2 is 1.57 bits per heavy atom. The minimum absolute atomic E-state index is 0.534. The van der Waals surface area contributed by atoms with Crippen LogP contribution in [0.2, 0.25) is 5.02 Å². The standard InChI is InChI=1S/C21H21ClS/c1-13(2)16-6-5-14(3)21-19(12-16)15(4)11-20(21)23-18-9-7-17(22)8-10-18/h5-13H,1-4H3. The lowest BCUT2D eigenvalue weighted by Crippen LogP contribution is -1.84. The molecule has 3 rings (SSSR count). The van der Waals surface area contributed by atoms with Crippen molar-refractivity contribution in [2.75, 3.05) is 0 Å². The van der Waals surface area contributed by atoms with E-state index in [1.165, 1.54) is 37.6 Å². The molecular weight excluding hydrogens is 320 g/mol. The molecule has 0 spiro atoms. The van der Waals surface area contributed by atoms with Gasteiger partial charge in [-0.25, -0.2) is 0 Å². The van der Waals surface area contributed by atoms with Gasteiger partial charge in [0.15, 0.2) is 0 Å². The van der Waals surface area contributed by atoms with E-state index in [1.807, 2.05) is 23.9 Å². The van der Waals surface area contributed by atoms with Crippen molar-refractivity contribution < 1.29 is 0 Å². The van der Waals surface area contributed by atoms with Crippen molar-refractivity contribution in [3.8, 4) is 11.1 Å². The maximum atomic E-state index is 5.99. The largest absolute Gasteiger partial charge is 0.0894 e. The van der Waals surface area contributed by atoms with E-state index in [1.54, 1.807) is 0 Å². The Labute approximate surface area is 148 Å². The second kappa shape index (κ2) is 6.59. The summed E-state index contributed by atoms with van der Waals surface area (Å²) in [6, 6.07) is 17.2. The topological polar surface area (TPSA) is 0 Å². The van der Waals surface area contributed by atoms with Gasteiger partial charge in [-0.2, -0.15) is 0 Å². The summed E-state index contributed by atoms with van der Waals surface area (Å²) in [6.45, 7) is 8.91. The number of hydrogen-bond donors (Lipinski definition) is 0. The lowest BCUT2D eigenvalue weighted by molar-refractivity contribution is 0.868. The summed E-state index contributed by atoms with van der Waals surface area (Å²) in [5.74, 6) is 0.534. The Kier molecular flexibility index (Phi) is 4.70. The molecule has 0 fully saturated rings. The summed E-state index contributed by atoms with van der Waals surface area (Å²) in [5.41, 5.74) is 6.80. The quantitative estimate of drug-likeness (QED) is 0.480. The van der Waals surface area contributed by atoms with Gasteiger partial charge >= 0.3 is 0 Å². The van der Waals surface area contributed by atoms with Crippen LogP contribution >= 0.6 is 23.4 Å². The van der Waals surface area contributed by atoms with Crippen molar-refractivity contribution in [2.24, 2.45) is 0 Å². The number of rotatable bonds is 3. The smallest absolute Gasteiger partial charge is 0.0406 e. The molecule has 0 atom stereocenters. The second-order valence-electron chi connectivity index (χ2n) is 6.35. The predicted octanol–water partition coefficient (Wildman–Crippen LogP) is 7.34. The molecule has 0 saturated heterocycles. The molecule has 0 amide bonds. The summed E-state index contributed by atoms with van der Waals surface area (Å²) in [5, 5.41) is 0.780. The van der Waals surface area contributed by atoms with Gasteiger partial charge in [-0.3, -0.25) is 0 Å². The fraction of sp³-hybridized carbons (Fsp3) is 0.238. The Morgan fingerprint density at radius 3 is 2.22 bits per heavy atom. The zero-order chi connectivity index (χ0) is 16.6. The molecule has 0 aromatic heterocycles. The van der Waals surface area contributed by atoms with Crippen LogP contribution in [0, 0.1) is 13.8 Å². The number of fused-ring (bicyclic) bond motifs is 1. The number of benzene rings is 1. The van der Waals surface area contributed by atoms with Crippen LogP contribution in [0.5, 0.6) is 0 Å². The molecule has 0 aliphatic heterocycles. The van der Waals surface area contributed by atoms with Crippen LogP contribution in [-0.4, -0.2) is 0 Å². The van der Waals surface area contributed by atoms with Crippen LogP contribution in [0.1, 0.15) is 36.5 Å². The van der Waals surface area contributed by atoms with Crippen LogP contribution in [0.4, 0.5) is 0 Å². The second-order valence-corrected chi connectivity index (χ2v) is 7.90. The van der Waals surface area contributed by atoms with Crippen molar-refractivity contribution in [3.05, 3.63) is 70.2 Å². The van der Waals surface area contributed by atoms with E-state index in [0.717, 1.165) is 5.02 Å². The van der Waals surface area contributed by atoms with Gasteiger partial charge < -0.3 is 0 Å². The SMILES string of the molecule is Cc1cc(Sc2ccc(Cl)cc2)c2c(C)ccc(C(C)C)cc1-2. The van der Waals surface area contributed by atoms with E-state index < -0.39 is 0 Å². The average molecular weight is 341 g/mol. The molecule has 2 aliphatic rings. The number of aryl methyl sites for hydroxylation is 2.